The van der Waals surface area contributed by atoms with Crippen molar-refractivity contribution in [1.29, 1.82) is 0 Å². The minimum absolute atomic E-state index is 0.149. The SMILES string of the molecule is COCCn1c(=O)c2c(-c3noc(C4CC4C)n3)ncn2c2ccccc21. The number of methoxy groups -OCH3 is 1. The van der Waals surface area contributed by atoms with Crippen molar-refractivity contribution in [1.82, 2.24) is 24.1 Å². The first-order valence-corrected chi connectivity index (χ1v) is 9.00. The molecule has 0 spiro atoms. The number of rotatable bonds is 5. The molecule has 0 aliphatic heterocycles. The van der Waals surface area contributed by atoms with Crippen LogP contribution < -0.4 is 5.56 Å². The van der Waals surface area contributed by atoms with Crippen LogP contribution in [0.2, 0.25) is 0 Å². The Labute approximate surface area is 154 Å². The Balaban J connectivity index is 1.74. The molecule has 8 nitrogen and oxygen atoms in total. The molecule has 1 fully saturated rings. The summed E-state index contributed by atoms with van der Waals surface area (Å²) in [6.07, 6.45) is 2.70. The largest absolute Gasteiger partial charge is 0.383 e. The molecule has 138 valence electrons. The fourth-order valence-electron chi connectivity index (χ4n) is 3.59. The molecule has 0 amide bonds. The highest BCUT2D eigenvalue weighted by Gasteiger charge is 2.39. The number of ether oxygens (including phenoxy) is 1. The second-order valence-electron chi connectivity index (χ2n) is 7.03. The van der Waals surface area contributed by atoms with E-state index in [0.29, 0.717) is 47.9 Å². The zero-order chi connectivity index (χ0) is 18.5. The summed E-state index contributed by atoms with van der Waals surface area (Å²) in [4.78, 5) is 22.2. The first-order valence-electron chi connectivity index (χ1n) is 9.00. The smallest absolute Gasteiger partial charge is 0.277 e. The van der Waals surface area contributed by atoms with Gasteiger partial charge in [-0.3, -0.25) is 9.20 Å². The van der Waals surface area contributed by atoms with Crippen LogP contribution in [0.4, 0.5) is 0 Å². The van der Waals surface area contributed by atoms with Gasteiger partial charge in [-0.05, 0) is 24.5 Å². The van der Waals surface area contributed by atoms with Crippen LogP contribution in [0.25, 0.3) is 28.1 Å². The van der Waals surface area contributed by atoms with Gasteiger partial charge in [-0.2, -0.15) is 4.98 Å². The van der Waals surface area contributed by atoms with E-state index >= 15 is 0 Å². The number of benzene rings is 1. The molecule has 0 radical (unpaired) electrons. The highest BCUT2D eigenvalue weighted by Crippen LogP contribution is 2.46. The summed E-state index contributed by atoms with van der Waals surface area (Å²) in [6, 6.07) is 7.74. The van der Waals surface area contributed by atoms with Crippen LogP contribution in [0.5, 0.6) is 0 Å². The monoisotopic (exact) mass is 365 g/mol. The molecule has 1 aliphatic rings. The second kappa shape index (κ2) is 6.02. The lowest BCUT2D eigenvalue weighted by atomic mass is 10.2. The van der Waals surface area contributed by atoms with E-state index < -0.39 is 0 Å². The maximum Gasteiger partial charge on any atom is 0.277 e. The number of nitrogens with zero attached hydrogens (tertiary/aromatic N) is 5. The molecule has 1 aromatic carbocycles. The van der Waals surface area contributed by atoms with E-state index in [1.165, 1.54) is 0 Å². The summed E-state index contributed by atoms with van der Waals surface area (Å²) in [5, 5.41) is 4.08. The summed E-state index contributed by atoms with van der Waals surface area (Å²) in [7, 11) is 1.62. The summed E-state index contributed by atoms with van der Waals surface area (Å²) in [5.74, 6) is 1.86. The minimum Gasteiger partial charge on any atom is -0.383 e. The molecule has 2 atom stereocenters. The molecule has 3 heterocycles. The lowest BCUT2D eigenvalue weighted by molar-refractivity contribution is 0.187. The van der Waals surface area contributed by atoms with Crippen LogP contribution in [0.3, 0.4) is 0 Å². The van der Waals surface area contributed by atoms with Crippen molar-refractivity contribution >= 4 is 16.6 Å². The molecule has 8 heteroatoms. The van der Waals surface area contributed by atoms with E-state index in [-0.39, 0.29) is 5.56 Å². The summed E-state index contributed by atoms with van der Waals surface area (Å²) >= 11 is 0. The molecule has 0 saturated heterocycles. The summed E-state index contributed by atoms with van der Waals surface area (Å²) in [6.45, 7) is 3.05. The average Bonchev–Trinajstić information content (AvgIpc) is 3.10. The Bertz CT molecular complexity index is 1210. The van der Waals surface area contributed by atoms with Crippen molar-refractivity contribution in [2.24, 2.45) is 5.92 Å². The van der Waals surface area contributed by atoms with Gasteiger partial charge in [0.05, 0.1) is 17.6 Å². The van der Waals surface area contributed by atoms with Gasteiger partial charge in [-0.15, -0.1) is 0 Å². The molecule has 1 aliphatic carbocycles. The Kier molecular flexibility index (Phi) is 3.61. The van der Waals surface area contributed by atoms with Crippen molar-refractivity contribution in [2.45, 2.75) is 25.8 Å². The maximum absolute atomic E-state index is 13.3. The van der Waals surface area contributed by atoms with E-state index in [2.05, 4.69) is 22.0 Å². The standard InChI is InChI=1S/C19H19N5O3/c1-11-9-12(11)18-21-17(22-27-18)15-16-19(25)23(7-8-26-2)13-5-3-4-6-14(13)24(16)10-20-15/h3-6,10-12H,7-9H2,1-2H3. The fraction of sp³-hybridized carbons (Fsp3) is 0.368. The van der Waals surface area contributed by atoms with Crippen molar-refractivity contribution in [3.63, 3.8) is 0 Å². The Morgan fingerprint density at radius 3 is 2.81 bits per heavy atom. The van der Waals surface area contributed by atoms with Crippen molar-refractivity contribution in [3.05, 3.63) is 46.8 Å². The zero-order valence-electron chi connectivity index (χ0n) is 15.1. The lowest BCUT2D eigenvalue weighted by Gasteiger charge is -2.11. The van der Waals surface area contributed by atoms with E-state index in [0.717, 1.165) is 17.5 Å². The molecule has 0 bridgehead atoms. The van der Waals surface area contributed by atoms with Crippen LogP contribution >= 0.6 is 0 Å². The van der Waals surface area contributed by atoms with Gasteiger partial charge in [0, 0.05) is 19.6 Å². The average molecular weight is 365 g/mol. The van der Waals surface area contributed by atoms with Crippen molar-refractivity contribution < 1.29 is 9.26 Å². The number of hydrogen-bond donors (Lipinski definition) is 0. The van der Waals surface area contributed by atoms with Gasteiger partial charge in [0.1, 0.15) is 17.5 Å². The van der Waals surface area contributed by atoms with Gasteiger partial charge >= 0.3 is 0 Å². The third-order valence-electron chi connectivity index (χ3n) is 5.25. The zero-order valence-corrected chi connectivity index (χ0v) is 15.1. The van der Waals surface area contributed by atoms with Crippen molar-refractivity contribution in [3.8, 4) is 11.5 Å². The highest BCUT2D eigenvalue weighted by molar-refractivity contribution is 5.83. The van der Waals surface area contributed by atoms with E-state index in [1.807, 2.05) is 24.3 Å². The molecule has 0 N–H and O–H groups in total. The molecular formula is C19H19N5O3. The normalized spacial score (nSPS) is 19.2. The quantitative estimate of drug-likeness (QED) is 0.540. The van der Waals surface area contributed by atoms with Crippen LogP contribution in [0.1, 0.15) is 25.2 Å². The third kappa shape index (κ3) is 2.48. The van der Waals surface area contributed by atoms with Crippen LogP contribution in [0, 0.1) is 5.92 Å². The maximum atomic E-state index is 13.3. The van der Waals surface area contributed by atoms with Gasteiger partial charge in [0.2, 0.25) is 11.7 Å². The molecule has 2 unspecified atom stereocenters. The van der Waals surface area contributed by atoms with Gasteiger partial charge in [0.15, 0.2) is 0 Å². The van der Waals surface area contributed by atoms with E-state index in [1.54, 1.807) is 22.4 Å². The van der Waals surface area contributed by atoms with Gasteiger partial charge in [-0.25, -0.2) is 4.98 Å². The van der Waals surface area contributed by atoms with Crippen LogP contribution in [0.15, 0.2) is 39.9 Å². The van der Waals surface area contributed by atoms with E-state index in [9.17, 15) is 4.79 Å². The summed E-state index contributed by atoms with van der Waals surface area (Å²) < 4.78 is 14.1. The molecule has 4 aromatic rings. The minimum atomic E-state index is -0.149. The number of aromatic nitrogens is 5. The second-order valence-corrected chi connectivity index (χ2v) is 7.03. The highest BCUT2D eigenvalue weighted by atomic mass is 16.5. The first kappa shape index (κ1) is 16.2. The third-order valence-corrected chi connectivity index (χ3v) is 5.25. The van der Waals surface area contributed by atoms with Gasteiger partial charge in [-0.1, -0.05) is 24.2 Å². The summed E-state index contributed by atoms with van der Waals surface area (Å²) in [5.41, 5.74) is 2.46. The predicted molar refractivity (Wildman–Crippen MR) is 98.6 cm³/mol. The van der Waals surface area contributed by atoms with Crippen LogP contribution in [-0.4, -0.2) is 37.8 Å². The van der Waals surface area contributed by atoms with Crippen molar-refractivity contribution in [2.75, 3.05) is 13.7 Å². The van der Waals surface area contributed by atoms with E-state index in [4.69, 9.17) is 9.26 Å². The molecule has 5 rings (SSSR count). The lowest BCUT2D eigenvalue weighted by Crippen LogP contribution is -2.25. The van der Waals surface area contributed by atoms with Gasteiger partial charge < -0.3 is 13.8 Å². The topological polar surface area (TPSA) is 87.5 Å². The molecule has 1 saturated carbocycles. The molecule has 3 aromatic heterocycles. The fourth-order valence-corrected chi connectivity index (χ4v) is 3.59. The number of imidazole rings is 1. The number of hydrogen-bond acceptors (Lipinski definition) is 6. The molecular weight excluding hydrogens is 346 g/mol. The number of para-hydroxylation sites is 2. The Morgan fingerprint density at radius 2 is 2.07 bits per heavy atom. The Morgan fingerprint density at radius 1 is 1.30 bits per heavy atom. The number of fused-ring (bicyclic) bond motifs is 3. The predicted octanol–water partition coefficient (Wildman–Crippen LogP) is 2.47. The molecule has 27 heavy (non-hydrogen) atoms. The Hall–Kier alpha value is -3.00. The first-order chi connectivity index (χ1) is 13.2. The van der Waals surface area contributed by atoms with Crippen LogP contribution in [-0.2, 0) is 11.3 Å². The van der Waals surface area contributed by atoms with Gasteiger partial charge in [0.25, 0.3) is 5.56 Å².